The highest BCUT2D eigenvalue weighted by atomic mass is 19.4. The molecule has 0 aliphatic rings. The first-order valence-corrected chi connectivity index (χ1v) is 9.89. The highest BCUT2D eigenvalue weighted by Crippen LogP contribution is 2.37. The van der Waals surface area contributed by atoms with Crippen molar-refractivity contribution < 1.29 is 18.0 Å². The molecule has 0 saturated heterocycles. The van der Waals surface area contributed by atoms with E-state index in [1.54, 1.807) is 24.5 Å². The topological polar surface area (TPSA) is 100 Å². The van der Waals surface area contributed by atoms with E-state index in [4.69, 9.17) is 5.73 Å². The van der Waals surface area contributed by atoms with Gasteiger partial charge >= 0.3 is 6.18 Å². The van der Waals surface area contributed by atoms with E-state index in [2.05, 4.69) is 19.9 Å². The zero-order chi connectivity index (χ0) is 23.2. The SMILES string of the molecule is NC(=O)/C=C/c1cc(-c2cnc3[nH]cc(-c4ccnc5[nH]ccc45)c3c2)cc(C(F)(F)F)c1. The summed E-state index contributed by atoms with van der Waals surface area (Å²) in [6.45, 7) is 0. The lowest BCUT2D eigenvalue weighted by atomic mass is 9.98. The first-order chi connectivity index (χ1) is 15.8. The van der Waals surface area contributed by atoms with Gasteiger partial charge < -0.3 is 15.7 Å². The standard InChI is InChI=1S/C24H16F3N5O/c25-24(26,27)16-8-13(1-2-21(28)33)7-14(9-16)15-10-19-20(12-32-23(19)31-11-15)17-3-5-29-22-18(17)4-6-30-22/h1-12H,(H2,28,33)(H,29,30)(H,31,32)/b2-1+. The summed E-state index contributed by atoms with van der Waals surface area (Å²) >= 11 is 0. The Hall–Kier alpha value is -4.40. The molecule has 0 saturated carbocycles. The van der Waals surface area contributed by atoms with Gasteiger partial charge in [0, 0.05) is 52.8 Å². The van der Waals surface area contributed by atoms with Crippen LogP contribution in [0.25, 0.3) is 50.4 Å². The number of fused-ring (bicyclic) bond motifs is 2. The number of benzene rings is 1. The van der Waals surface area contributed by atoms with Crippen LogP contribution in [-0.2, 0) is 11.0 Å². The Balaban J connectivity index is 1.68. The van der Waals surface area contributed by atoms with Gasteiger partial charge in [-0.05, 0) is 59.2 Å². The van der Waals surface area contributed by atoms with Crippen molar-refractivity contribution in [2.75, 3.05) is 0 Å². The summed E-state index contributed by atoms with van der Waals surface area (Å²) < 4.78 is 40.6. The maximum absolute atomic E-state index is 13.5. The lowest BCUT2D eigenvalue weighted by Gasteiger charge is -2.11. The molecule has 4 heterocycles. The first kappa shape index (κ1) is 20.5. The van der Waals surface area contributed by atoms with Crippen LogP contribution in [0.4, 0.5) is 13.2 Å². The van der Waals surface area contributed by atoms with Gasteiger partial charge in [-0.3, -0.25) is 4.79 Å². The second kappa shape index (κ2) is 7.63. The van der Waals surface area contributed by atoms with Crippen molar-refractivity contribution in [2.24, 2.45) is 5.73 Å². The summed E-state index contributed by atoms with van der Waals surface area (Å²) in [6, 6.07) is 9.18. The number of hydrogen-bond acceptors (Lipinski definition) is 3. The molecule has 5 aromatic rings. The number of alkyl halides is 3. The van der Waals surface area contributed by atoms with E-state index >= 15 is 0 Å². The molecule has 4 aromatic heterocycles. The Labute approximate surface area is 185 Å². The lowest BCUT2D eigenvalue weighted by Crippen LogP contribution is -2.06. The summed E-state index contributed by atoms with van der Waals surface area (Å²) in [4.78, 5) is 26.0. The maximum Gasteiger partial charge on any atom is 0.416 e. The molecule has 0 spiro atoms. The molecule has 9 heteroatoms. The summed E-state index contributed by atoms with van der Waals surface area (Å²) in [5.74, 6) is -0.748. The molecular formula is C24H16F3N5O. The van der Waals surface area contributed by atoms with E-state index in [0.717, 1.165) is 45.8 Å². The predicted molar refractivity (Wildman–Crippen MR) is 120 cm³/mol. The molecule has 6 nitrogen and oxygen atoms in total. The van der Waals surface area contributed by atoms with E-state index < -0.39 is 17.6 Å². The second-order valence-corrected chi connectivity index (χ2v) is 7.50. The van der Waals surface area contributed by atoms with Gasteiger partial charge in [-0.2, -0.15) is 13.2 Å². The van der Waals surface area contributed by atoms with Gasteiger partial charge in [-0.1, -0.05) is 0 Å². The molecular weight excluding hydrogens is 431 g/mol. The predicted octanol–water partition coefficient (Wildman–Crippen LogP) is 5.29. The first-order valence-electron chi connectivity index (χ1n) is 9.89. The summed E-state index contributed by atoms with van der Waals surface area (Å²) in [5.41, 5.74) is 8.40. The average molecular weight is 447 g/mol. The van der Waals surface area contributed by atoms with Crippen LogP contribution < -0.4 is 5.73 Å². The van der Waals surface area contributed by atoms with Gasteiger partial charge in [0.2, 0.25) is 5.91 Å². The number of carbonyl (C=O) groups excluding carboxylic acids is 1. The minimum absolute atomic E-state index is 0.205. The van der Waals surface area contributed by atoms with Gasteiger partial charge in [0.1, 0.15) is 11.3 Å². The van der Waals surface area contributed by atoms with Gasteiger partial charge in [-0.15, -0.1) is 0 Å². The highest BCUT2D eigenvalue weighted by Gasteiger charge is 2.31. The number of halogens is 3. The van der Waals surface area contributed by atoms with E-state index in [1.165, 1.54) is 12.3 Å². The van der Waals surface area contributed by atoms with E-state index in [-0.39, 0.29) is 5.56 Å². The Kier molecular flexibility index (Phi) is 4.74. The third-order valence-corrected chi connectivity index (χ3v) is 5.34. The number of aromatic amines is 2. The number of carbonyl (C=O) groups is 1. The molecule has 164 valence electrons. The van der Waals surface area contributed by atoms with Crippen molar-refractivity contribution in [2.45, 2.75) is 6.18 Å². The third-order valence-electron chi connectivity index (χ3n) is 5.34. The van der Waals surface area contributed by atoms with E-state index in [0.29, 0.717) is 16.8 Å². The Morgan fingerprint density at radius 2 is 1.76 bits per heavy atom. The van der Waals surface area contributed by atoms with Crippen LogP contribution in [0.5, 0.6) is 0 Å². The van der Waals surface area contributed by atoms with Crippen LogP contribution in [-0.4, -0.2) is 25.8 Å². The molecule has 4 N–H and O–H groups in total. The van der Waals surface area contributed by atoms with Crippen molar-refractivity contribution in [3.05, 3.63) is 78.4 Å². The van der Waals surface area contributed by atoms with Gasteiger partial charge in [0.25, 0.3) is 0 Å². The Morgan fingerprint density at radius 3 is 2.55 bits per heavy atom. The molecule has 5 rings (SSSR count). The molecule has 33 heavy (non-hydrogen) atoms. The summed E-state index contributed by atoms with van der Waals surface area (Å²) in [7, 11) is 0. The number of rotatable bonds is 4. The molecule has 0 aliphatic heterocycles. The van der Waals surface area contributed by atoms with Gasteiger partial charge in [0.15, 0.2) is 0 Å². The number of aromatic nitrogens is 4. The number of amides is 1. The molecule has 1 aromatic carbocycles. The van der Waals surface area contributed by atoms with Crippen molar-refractivity contribution in [3.8, 4) is 22.3 Å². The van der Waals surface area contributed by atoms with Crippen LogP contribution in [0.2, 0.25) is 0 Å². The maximum atomic E-state index is 13.5. The van der Waals surface area contributed by atoms with Crippen LogP contribution >= 0.6 is 0 Å². The molecule has 1 amide bonds. The Bertz CT molecular complexity index is 1550. The van der Waals surface area contributed by atoms with Crippen molar-refractivity contribution in [3.63, 3.8) is 0 Å². The zero-order valence-electron chi connectivity index (χ0n) is 16.9. The number of H-pyrrole nitrogens is 2. The van der Waals surface area contributed by atoms with Crippen LogP contribution in [0.3, 0.4) is 0 Å². The van der Waals surface area contributed by atoms with E-state index in [9.17, 15) is 18.0 Å². The fourth-order valence-corrected chi connectivity index (χ4v) is 3.84. The fraction of sp³-hybridized carbons (Fsp3) is 0.0417. The zero-order valence-corrected chi connectivity index (χ0v) is 16.9. The third kappa shape index (κ3) is 3.84. The quantitative estimate of drug-likeness (QED) is 0.326. The van der Waals surface area contributed by atoms with Crippen molar-refractivity contribution in [1.82, 2.24) is 19.9 Å². The smallest absolute Gasteiger partial charge is 0.366 e. The Morgan fingerprint density at radius 1 is 0.939 bits per heavy atom. The number of nitrogens with two attached hydrogens (primary N) is 1. The van der Waals surface area contributed by atoms with Crippen molar-refractivity contribution in [1.29, 1.82) is 0 Å². The number of nitrogens with zero attached hydrogens (tertiary/aromatic N) is 2. The van der Waals surface area contributed by atoms with Gasteiger partial charge in [-0.25, -0.2) is 9.97 Å². The largest absolute Gasteiger partial charge is 0.416 e. The number of pyridine rings is 2. The fourth-order valence-electron chi connectivity index (χ4n) is 3.84. The molecule has 0 atom stereocenters. The number of primary amides is 1. The molecule has 0 aliphatic carbocycles. The summed E-state index contributed by atoms with van der Waals surface area (Å²) in [6.07, 6.45) is 4.54. The minimum atomic E-state index is -4.56. The monoisotopic (exact) mass is 447 g/mol. The van der Waals surface area contributed by atoms with Crippen LogP contribution in [0.1, 0.15) is 11.1 Å². The van der Waals surface area contributed by atoms with Crippen molar-refractivity contribution >= 4 is 34.1 Å². The van der Waals surface area contributed by atoms with Crippen LogP contribution in [0.15, 0.2) is 67.3 Å². The molecule has 0 bridgehead atoms. The number of hydrogen-bond donors (Lipinski definition) is 3. The van der Waals surface area contributed by atoms with E-state index in [1.807, 2.05) is 18.3 Å². The second-order valence-electron chi connectivity index (χ2n) is 7.50. The highest BCUT2D eigenvalue weighted by molar-refractivity contribution is 6.03. The molecule has 0 unspecified atom stereocenters. The molecule has 0 fully saturated rings. The number of nitrogens with one attached hydrogen (secondary N) is 2. The normalized spacial score (nSPS) is 12.2. The average Bonchev–Trinajstić information content (AvgIpc) is 3.43. The lowest BCUT2D eigenvalue weighted by molar-refractivity contribution is -0.137. The van der Waals surface area contributed by atoms with Gasteiger partial charge in [0.05, 0.1) is 5.56 Å². The van der Waals surface area contributed by atoms with Crippen LogP contribution in [0, 0.1) is 0 Å². The molecule has 0 radical (unpaired) electrons. The summed E-state index contributed by atoms with van der Waals surface area (Å²) in [5, 5.41) is 1.68. The minimum Gasteiger partial charge on any atom is -0.366 e.